The molecule has 0 aliphatic heterocycles. The van der Waals surface area contributed by atoms with Crippen molar-refractivity contribution in [2.75, 3.05) is 13.2 Å². The van der Waals surface area contributed by atoms with Gasteiger partial charge in [-0.05, 0) is 96.3 Å². The first-order valence-electron chi connectivity index (χ1n) is 28.5. The molecule has 1 unspecified atom stereocenters. The third-order valence-corrected chi connectivity index (χ3v) is 12.2. The Morgan fingerprint density at radius 1 is 0.328 bits per heavy atom. The molecule has 1 atom stereocenters. The summed E-state index contributed by atoms with van der Waals surface area (Å²) in [4.78, 5) is 38.1. The summed E-state index contributed by atoms with van der Waals surface area (Å²) in [5.74, 6) is -0.893. The maximum absolute atomic E-state index is 12.8. The molecule has 6 nitrogen and oxygen atoms in total. The average Bonchev–Trinajstić information content (AvgIpc) is 3.33. The van der Waals surface area contributed by atoms with E-state index in [0.29, 0.717) is 19.3 Å². The van der Waals surface area contributed by atoms with Gasteiger partial charge in [0, 0.05) is 19.3 Å². The SMILES string of the molecule is CC/C=C\C/C=C\C/C=C\CCCCCCCCCCCC(=O)OCC(COC(=O)CCCCCCC/C=C\CCCC)OC(=O)CCCCCCCCCCCC/C=C\C=C/CCCCC. The summed E-state index contributed by atoms with van der Waals surface area (Å²) in [7, 11) is 0. The van der Waals surface area contributed by atoms with E-state index in [1.807, 2.05) is 0 Å². The lowest BCUT2D eigenvalue weighted by Crippen LogP contribution is -2.30. The smallest absolute Gasteiger partial charge is 0.306 e. The summed E-state index contributed by atoms with van der Waals surface area (Å²) in [5.41, 5.74) is 0. The quantitative estimate of drug-likeness (QED) is 0.0199. The first kappa shape index (κ1) is 63.8. The van der Waals surface area contributed by atoms with Gasteiger partial charge >= 0.3 is 17.9 Å². The molecule has 0 amide bonds. The summed E-state index contributed by atoms with van der Waals surface area (Å²) in [6.45, 7) is 6.47. The largest absolute Gasteiger partial charge is 0.462 e. The molecule has 0 heterocycles. The number of carbonyl (C=O) groups excluding carboxylic acids is 3. The molecule has 0 aromatic rings. The van der Waals surface area contributed by atoms with Gasteiger partial charge in [-0.15, -0.1) is 0 Å². The fourth-order valence-electron chi connectivity index (χ4n) is 7.90. The van der Waals surface area contributed by atoms with Crippen LogP contribution in [0.4, 0.5) is 0 Å². The van der Waals surface area contributed by atoms with Crippen molar-refractivity contribution in [1.82, 2.24) is 0 Å². The first-order valence-corrected chi connectivity index (χ1v) is 28.5. The number of rotatable bonds is 51. The van der Waals surface area contributed by atoms with Crippen LogP contribution in [0.25, 0.3) is 0 Å². The van der Waals surface area contributed by atoms with E-state index < -0.39 is 6.10 Å². The Kier molecular flexibility index (Phi) is 52.8. The molecular formula is C61H106O6. The van der Waals surface area contributed by atoms with E-state index in [0.717, 1.165) is 83.5 Å². The molecule has 0 aromatic carbocycles. The summed E-state index contributed by atoms with van der Waals surface area (Å²) in [6.07, 6.45) is 70.3. The van der Waals surface area contributed by atoms with E-state index in [2.05, 4.69) is 93.7 Å². The molecule has 0 saturated carbocycles. The molecule has 0 N–H and O–H groups in total. The van der Waals surface area contributed by atoms with Gasteiger partial charge in [0.25, 0.3) is 0 Å². The number of hydrogen-bond acceptors (Lipinski definition) is 6. The van der Waals surface area contributed by atoms with Gasteiger partial charge in [-0.2, -0.15) is 0 Å². The van der Waals surface area contributed by atoms with Crippen molar-refractivity contribution in [3.8, 4) is 0 Å². The molecule has 386 valence electrons. The Hall–Kier alpha value is -3.15. The van der Waals surface area contributed by atoms with Gasteiger partial charge in [-0.1, -0.05) is 235 Å². The van der Waals surface area contributed by atoms with E-state index in [1.165, 1.54) is 154 Å². The highest BCUT2D eigenvalue weighted by atomic mass is 16.6. The Morgan fingerprint density at radius 2 is 0.642 bits per heavy atom. The standard InChI is InChI=1S/C61H106O6/c1-4-7-10-13-16-19-22-24-26-28-30-32-34-36-39-42-45-48-51-54-60(63)66-57-58(56-65-59(62)53-50-47-44-41-38-21-18-15-12-9-6-3)67-61(64)55-52-49-46-43-40-37-35-33-31-29-27-25-23-20-17-14-11-8-5-2/h7,10,15-20,23-26,58H,4-6,8-9,11-14,21-22,27-57H2,1-3H3/b10-7-,18-15-,19-16-,20-17-,25-23-,26-24-. The Morgan fingerprint density at radius 3 is 1.06 bits per heavy atom. The zero-order valence-electron chi connectivity index (χ0n) is 44.2. The van der Waals surface area contributed by atoms with Gasteiger partial charge in [0.1, 0.15) is 13.2 Å². The van der Waals surface area contributed by atoms with E-state index in [9.17, 15) is 14.4 Å². The molecule has 6 heteroatoms. The molecule has 0 saturated heterocycles. The number of hydrogen-bond donors (Lipinski definition) is 0. The summed E-state index contributed by atoms with van der Waals surface area (Å²) >= 11 is 0. The highest BCUT2D eigenvalue weighted by molar-refractivity contribution is 5.71. The third kappa shape index (κ3) is 53.7. The van der Waals surface area contributed by atoms with Crippen LogP contribution in [0.3, 0.4) is 0 Å². The highest BCUT2D eigenvalue weighted by Crippen LogP contribution is 2.15. The van der Waals surface area contributed by atoms with Crippen molar-refractivity contribution in [2.45, 2.75) is 284 Å². The third-order valence-electron chi connectivity index (χ3n) is 12.2. The van der Waals surface area contributed by atoms with Gasteiger partial charge in [-0.3, -0.25) is 14.4 Å². The molecule has 0 bridgehead atoms. The number of ether oxygens (including phenoxy) is 3. The van der Waals surface area contributed by atoms with E-state index >= 15 is 0 Å². The second kappa shape index (κ2) is 55.4. The van der Waals surface area contributed by atoms with Crippen LogP contribution in [0, 0.1) is 0 Å². The molecule has 0 rings (SSSR count). The predicted octanol–water partition coefficient (Wildman–Crippen LogP) is 19.0. The van der Waals surface area contributed by atoms with Crippen molar-refractivity contribution >= 4 is 17.9 Å². The maximum atomic E-state index is 12.8. The van der Waals surface area contributed by atoms with Crippen LogP contribution in [0.15, 0.2) is 72.9 Å². The van der Waals surface area contributed by atoms with Crippen LogP contribution in [-0.2, 0) is 28.6 Å². The van der Waals surface area contributed by atoms with Gasteiger partial charge in [0.2, 0.25) is 0 Å². The lowest BCUT2D eigenvalue weighted by Gasteiger charge is -2.18. The Bertz CT molecular complexity index is 1260. The molecular weight excluding hydrogens is 829 g/mol. The van der Waals surface area contributed by atoms with E-state index in [1.54, 1.807) is 0 Å². The van der Waals surface area contributed by atoms with Crippen LogP contribution in [0.1, 0.15) is 278 Å². The number of carbonyl (C=O) groups is 3. The first-order chi connectivity index (χ1) is 33.0. The van der Waals surface area contributed by atoms with Crippen LogP contribution in [0.5, 0.6) is 0 Å². The fourth-order valence-corrected chi connectivity index (χ4v) is 7.90. The normalized spacial score (nSPS) is 12.6. The minimum atomic E-state index is -0.782. The molecule has 0 aliphatic carbocycles. The van der Waals surface area contributed by atoms with Crippen molar-refractivity contribution in [1.29, 1.82) is 0 Å². The zero-order chi connectivity index (χ0) is 48.6. The average molecular weight is 936 g/mol. The molecule has 0 fully saturated rings. The number of esters is 3. The topological polar surface area (TPSA) is 78.9 Å². The second-order valence-electron chi connectivity index (χ2n) is 18.8. The molecule has 0 radical (unpaired) electrons. The molecule has 0 spiro atoms. The minimum Gasteiger partial charge on any atom is -0.462 e. The molecule has 0 aliphatic rings. The monoisotopic (exact) mass is 935 g/mol. The number of allylic oxidation sites excluding steroid dienone is 12. The van der Waals surface area contributed by atoms with E-state index in [-0.39, 0.29) is 31.1 Å². The van der Waals surface area contributed by atoms with Crippen molar-refractivity contribution in [3.05, 3.63) is 72.9 Å². The molecule has 0 aromatic heterocycles. The lowest BCUT2D eigenvalue weighted by molar-refractivity contribution is -0.167. The van der Waals surface area contributed by atoms with Crippen LogP contribution < -0.4 is 0 Å². The maximum Gasteiger partial charge on any atom is 0.306 e. The second-order valence-corrected chi connectivity index (χ2v) is 18.8. The fraction of sp³-hybridized carbons (Fsp3) is 0.754. The van der Waals surface area contributed by atoms with Crippen LogP contribution in [0.2, 0.25) is 0 Å². The highest BCUT2D eigenvalue weighted by Gasteiger charge is 2.19. The minimum absolute atomic E-state index is 0.0816. The van der Waals surface area contributed by atoms with Gasteiger partial charge in [0.05, 0.1) is 0 Å². The van der Waals surface area contributed by atoms with Gasteiger partial charge in [-0.25, -0.2) is 0 Å². The predicted molar refractivity (Wildman–Crippen MR) is 288 cm³/mol. The molecule has 67 heavy (non-hydrogen) atoms. The lowest BCUT2D eigenvalue weighted by atomic mass is 10.1. The van der Waals surface area contributed by atoms with Crippen LogP contribution >= 0.6 is 0 Å². The van der Waals surface area contributed by atoms with Crippen molar-refractivity contribution in [3.63, 3.8) is 0 Å². The van der Waals surface area contributed by atoms with Gasteiger partial charge in [0.15, 0.2) is 6.10 Å². The zero-order valence-corrected chi connectivity index (χ0v) is 44.2. The van der Waals surface area contributed by atoms with E-state index in [4.69, 9.17) is 14.2 Å². The van der Waals surface area contributed by atoms with Crippen LogP contribution in [-0.4, -0.2) is 37.2 Å². The summed E-state index contributed by atoms with van der Waals surface area (Å²) < 4.78 is 16.8. The van der Waals surface area contributed by atoms with Crippen molar-refractivity contribution < 1.29 is 28.6 Å². The number of unbranched alkanes of at least 4 members (excludes halogenated alkanes) is 29. The van der Waals surface area contributed by atoms with Crippen molar-refractivity contribution in [2.24, 2.45) is 0 Å². The van der Waals surface area contributed by atoms with Gasteiger partial charge < -0.3 is 14.2 Å². The Balaban J connectivity index is 4.34. The Labute approximate surface area is 414 Å². The summed E-state index contributed by atoms with van der Waals surface area (Å²) in [5, 5.41) is 0. The summed E-state index contributed by atoms with van der Waals surface area (Å²) in [6, 6.07) is 0.